The number of hydrogen-bond donors (Lipinski definition) is 5. The maximum absolute atomic E-state index is 14.4. The number of benzene rings is 1. The second-order valence-electron chi connectivity index (χ2n) is 20.0. The maximum Gasteiger partial charge on any atom is 0.311 e. The van der Waals surface area contributed by atoms with Crippen LogP contribution in [0.2, 0.25) is 0 Å². The quantitative estimate of drug-likeness (QED) is 0.168. The van der Waals surface area contributed by atoms with Gasteiger partial charge in [0.15, 0.2) is 12.6 Å². The van der Waals surface area contributed by atoms with E-state index in [1.807, 2.05) is 30.7 Å². The monoisotopic (exact) mass is 908 g/mol. The van der Waals surface area contributed by atoms with Gasteiger partial charge in [0.1, 0.15) is 30.0 Å². The topological polar surface area (TPSA) is 217 Å². The van der Waals surface area contributed by atoms with E-state index >= 15 is 0 Å². The molecule has 3 saturated heterocycles. The highest BCUT2D eigenvalue weighted by atomic mass is 16.7. The number of carbonyl (C=O) groups is 3. The van der Waals surface area contributed by atoms with E-state index in [-0.39, 0.29) is 50.1 Å². The number of amides is 2. The average Bonchev–Trinajstić information content (AvgIpc) is 3.48. The summed E-state index contributed by atoms with van der Waals surface area (Å²) in [6.07, 6.45) is -9.62. The molecule has 0 aliphatic carbocycles. The van der Waals surface area contributed by atoms with Crippen molar-refractivity contribution < 1.29 is 68.3 Å². The van der Waals surface area contributed by atoms with Crippen LogP contribution in [-0.4, -0.2) is 189 Å². The molecule has 3 fully saturated rings. The number of hydrogen-bond acceptors (Lipinski definition) is 16. The lowest BCUT2D eigenvalue weighted by atomic mass is 9.77. The molecule has 4 aliphatic heterocycles. The molecule has 0 unspecified atom stereocenters. The first-order chi connectivity index (χ1) is 29.8. The third kappa shape index (κ3) is 10.9. The molecule has 17 heteroatoms. The molecule has 0 spiro atoms. The summed E-state index contributed by atoms with van der Waals surface area (Å²) in [6, 6.07) is 5.56. The number of rotatable bonds is 10. The number of ether oxygens (including phenoxy) is 6. The number of methoxy groups -OCH3 is 1. The molecule has 1 aromatic rings. The molecular weight excluding hydrogens is 831 g/mol. The number of fused-ring (bicyclic) bond motifs is 1. The average molecular weight is 908 g/mol. The third-order valence-corrected chi connectivity index (χ3v) is 14.7. The molecule has 17 nitrogen and oxygen atoms in total. The second kappa shape index (κ2) is 20.7. The predicted molar refractivity (Wildman–Crippen MR) is 235 cm³/mol. The Morgan fingerprint density at radius 1 is 0.891 bits per heavy atom. The molecule has 0 radical (unpaired) electrons. The Kier molecular flexibility index (Phi) is 16.9. The molecule has 18 atom stereocenters. The smallest absolute Gasteiger partial charge is 0.311 e. The number of esters is 1. The van der Waals surface area contributed by atoms with Crippen LogP contribution in [0, 0.1) is 17.8 Å². The number of cyclic esters (lactones) is 1. The summed E-state index contributed by atoms with van der Waals surface area (Å²) >= 11 is 0. The fourth-order valence-electron chi connectivity index (χ4n) is 10.5. The lowest BCUT2D eigenvalue weighted by Crippen LogP contribution is -2.61. The lowest BCUT2D eigenvalue weighted by molar-refractivity contribution is -0.318. The van der Waals surface area contributed by atoms with Crippen molar-refractivity contribution in [1.82, 2.24) is 14.7 Å². The Morgan fingerprint density at radius 3 is 2.08 bits per heavy atom. The molecule has 4 aliphatic rings. The van der Waals surface area contributed by atoms with Crippen molar-refractivity contribution in [2.24, 2.45) is 17.8 Å². The van der Waals surface area contributed by atoms with E-state index in [1.165, 1.54) is 18.9 Å². The minimum Gasteiger partial charge on any atom is -0.459 e. The highest BCUT2D eigenvalue weighted by molar-refractivity contribution is 6.21. The number of carbonyl (C=O) groups excluding carboxylic acids is 3. The zero-order valence-corrected chi connectivity index (χ0v) is 40.2. The van der Waals surface area contributed by atoms with E-state index < -0.39 is 108 Å². The van der Waals surface area contributed by atoms with Gasteiger partial charge in [0.05, 0.1) is 52.7 Å². The summed E-state index contributed by atoms with van der Waals surface area (Å²) in [4.78, 5) is 45.7. The molecule has 5 N–H and O–H groups in total. The maximum atomic E-state index is 14.4. The summed E-state index contributed by atoms with van der Waals surface area (Å²) < 4.78 is 38.0. The molecule has 2 amide bonds. The van der Waals surface area contributed by atoms with Crippen LogP contribution in [0.5, 0.6) is 0 Å². The van der Waals surface area contributed by atoms with Crippen LogP contribution in [-0.2, 0) is 33.2 Å². The van der Waals surface area contributed by atoms with Crippen molar-refractivity contribution in [2.45, 2.75) is 185 Å². The molecule has 0 aromatic heterocycles. The Labute approximate surface area is 379 Å². The van der Waals surface area contributed by atoms with E-state index in [0.717, 1.165) is 0 Å². The fourth-order valence-corrected chi connectivity index (χ4v) is 10.5. The Balaban J connectivity index is 1.50. The van der Waals surface area contributed by atoms with E-state index in [4.69, 9.17) is 28.4 Å². The van der Waals surface area contributed by atoms with Gasteiger partial charge in [-0.05, 0) is 99.9 Å². The molecule has 4 heterocycles. The van der Waals surface area contributed by atoms with Gasteiger partial charge in [-0.15, -0.1) is 0 Å². The largest absolute Gasteiger partial charge is 0.459 e. The highest BCUT2D eigenvalue weighted by Gasteiger charge is 2.53. The molecule has 64 heavy (non-hydrogen) atoms. The number of likely N-dealkylation sites (N-methyl/N-ethyl adjacent to an activating group) is 2. The van der Waals surface area contributed by atoms with E-state index in [9.17, 15) is 39.9 Å². The second-order valence-corrected chi connectivity index (χ2v) is 20.0. The molecule has 364 valence electrons. The first kappa shape index (κ1) is 52.3. The van der Waals surface area contributed by atoms with Gasteiger partial charge in [0.25, 0.3) is 11.8 Å². The van der Waals surface area contributed by atoms with Crippen molar-refractivity contribution in [1.29, 1.82) is 0 Å². The van der Waals surface area contributed by atoms with E-state index in [1.54, 1.807) is 79.8 Å². The normalized spacial score (nSPS) is 43.5. The lowest BCUT2D eigenvalue weighted by Gasteiger charge is -2.49. The first-order valence-corrected chi connectivity index (χ1v) is 23.0. The number of aliphatic hydroxyl groups is 5. The SMILES string of the molecule is CC[C@H]1OC(=O)[C@H](C)[C@@H](O[C@H]2C[C@@](C)(OC)[C@@H](O)[C@H](C)O2)[C@H](C)[C@@H](O[C@@H]2O[C@H](C)C[C@H](N(C)CCN3C(=O)c4ccccc4C3=O)[C@H]2O)[C@](C)(O)C[C@@H](C)CN(C)[C@H](C)[C@@H](O)[C@]1(C)O. The van der Waals surface area contributed by atoms with Gasteiger partial charge < -0.3 is 58.9 Å². The summed E-state index contributed by atoms with van der Waals surface area (Å²) in [6.45, 7) is 18.0. The molecule has 0 bridgehead atoms. The summed E-state index contributed by atoms with van der Waals surface area (Å²) in [5.41, 5.74) is -3.88. The minimum atomic E-state index is -1.85. The zero-order valence-electron chi connectivity index (χ0n) is 40.2. The van der Waals surface area contributed by atoms with Crippen LogP contribution in [0.1, 0.15) is 116 Å². The number of nitrogens with zero attached hydrogens (tertiary/aromatic N) is 3. The van der Waals surface area contributed by atoms with Crippen LogP contribution in [0.25, 0.3) is 0 Å². The van der Waals surface area contributed by atoms with Crippen LogP contribution in [0.4, 0.5) is 0 Å². The predicted octanol–water partition coefficient (Wildman–Crippen LogP) is 2.57. The molecule has 0 saturated carbocycles. The van der Waals surface area contributed by atoms with Gasteiger partial charge in [0, 0.05) is 51.2 Å². The molecule has 1 aromatic carbocycles. The van der Waals surface area contributed by atoms with Crippen molar-refractivity contribution in [3.63, 3.8) is 0 Å². The van der Waals surface area contributed by atoms with Gasteiger partial charge in [-0.1, -0.05) is 32.9 Å². The van der Waals surface area contributed by atoms with Gasteiger partial charge in [-0.25, -0.2) is 0 Å². The van der Waals surface area contributed by atoms with Gasteiger partial charge in [-0.2, -0.15) is 0 Å². The zero-order chi connectivity index (χ0) is 47.8. The summed E-state index contributed by atoms with van der Waals surface area (Å²) in [5, 5.41) is 59.3. The Morgan fingerprint density at radius 2 is 1.50 bits per heavy atom. The standard InChI is InChI=1S/C47H77N3O14/c1-14-34-47(10,58)38(52)29(6)49(12)24-25(2)22-45(8,57)40(27(4)37(28(5)43(56)62-34)63-35-23-46(9,59-13)39(53)30(7)61-35)64-44-36(51)33(21-26(3)60-44)48(11)19-20-50-41(54)31-17-15-16-18-32(31)42(50)55/h15-18,25-30,33-40,44,51-53,57-58H,14,19-24H2,1-13H3/t25-,26-,27+,28-,29-,30+,33+,34-,35+,36-,37+,38-,39+,40-,44+,45-,46-,47-/m1/s1. The van der Waals surface area contributed by atoms with E-state index in [2.05, 4.69) is 0 Å². The van der Waals surface area contributed by atoms with Gasteiger partial charge >= 0.3 is 5.97 Å². The first-order valence-electron chi connectivity index (χ1n) is 23.0. The number of imide groups is 1. The van der Waals surface area contributed by atoms with E-state index in [0.29, 0.717) is 24.1 Å². The highest BCUT2D eigenvalue weighted by Crippen LogP contribution is 2.40. The van der Waals surface area contributed by atoms with Crippen molar-refractivity contribution >= 4 is 17.8 Å². The van der Waals surface area contributed by atoms with Crippen LogP contribution >= 0.6 is 0 Å². The minimum absolute atomic E-state index is 0.0817. The van der Waals surface area contributed by atoms with Crippen LogP contribution < -0.4 is 0 Å². The van der Waals surface area contributed by atoms with Crippen molar-refractivity contribution in [2.75, 3.05) is 40.8 Å². The van der Waals surface area contributed by atoms with Crippen LogP contribution in [0.3, 0.4) is 0 Å². The van der Waals surface area contributed by atoms with Crippen molar-refractivity contribution in [3.05, 3.63) is 35.4 Å². The van der Waals surface area contributed by atoms with Gasteiger partial charge in [-0.3, -0.25) is 24.2 Å². The fraction of sp³-hybridized carbons (Fsp3) is 0.809. The molecular formula is C47H77N3O14. The third-order valence-electron chi connectivity index (χ3n) is 14.7. The van der Waals surface area contributed by atoms with Crippen LogP contribution in [0.15, 0.2) is 24.3 Å². The Hall–Kier alpha value is -2.65. The Bertz CT molecular complexity index is 1730. The molecule has 5 rings (SSSR count). The van der Waals surface area contributed by atoms with Gasteiger partial charge in [0.2, 0.25) is 0 Å². The summed E-state index contributed by atoms with van der Waals surface area (Å²) in [5.74, 6) is -3.63. The van der Waals surface area contributed by atoms with Crippen molar-refractivity contribution in [3.8, 4) is 0 Å². The summed E-state index contributed by atoms with van der Waals surface area (Å²) in [7, 11) is 5.10. The number of aliphatic hydroxyl groups excluding tert-OH is 3.